The Balaban J connectivity index is 0.000000810. The average molecular weight is 162 g/mol. The number of nitrogens with two attached hydrogens (primary N) is 1. The molecule has 2 N–H and O–H groups in total. The Bertz CT molecular complexity index is 195. The SMILES string of the molecule is C[C@@H](N)c1ccnn1C.Cl. The van der Waals surface area contributed by atoms with Gasteiger partial charge < -0.3 is 5.73 Å². The van der Waals surface area contributed by atoms with Gasteiger partial charge in [0.2, 0.25) is 0 Å². The number of aryl methyl sites for hydroxylation is 1. The zero-order valence-corrected chi connectivity index (χ0v) is 6.93. The third-order valence-electron chi connectivity index (χ3n) is 1.33. The van der Waals surface area contributed by atoms with Crippen LogP contribution in [0.1, 0.15) is 18.7 Å². The molecule has 0 radical (unpaired) electrons. The molecule has 0 aliphatic heterocycles. The molecule has 0 amide bonds. The van der Waals surface area contributed by atoms with Crippen LogP contribution in [0, 0.1) is 0 Å². The summed E-state index contributed by atoms with van der Waals surface area (Å²) in [7, 11) is 1.89. The van der Waals surface area contributed by atoms with Crippen molar-refractivity contribution in [3.63, 3.8) is 0 Å². The van der Waals surface area contributed by atoms with E-state index < -0.39 is 0 Å². The number of hydrogen-bond donors (Lipinski definition) is 1. The first-order valence-electron chi connectivity index (χ1n) is 2.95. The molecule has 1 aromatic heterocycles. The first-order chi connectivity index (χ1) is 4.22. The van der Waals surface area contributed by atoms with Gasteiger partial charge in [-0.15, -0.1) is 12.4 Å². The van der Waals surface area contributed by atoms with E-state index in [1.807, 2.05) is 20.0 Å². The van der Waals surface area contributed by atoms with Crippen molar-refractivity contribution in [3.8, 4) is 0 Å². The lowest BCUT2D eigenvalue weighted by atomic mass is 10.2. The fourth-order valence-corrected chi connectivity index (χ4v) is 0.831. The van der Waals surface area contributed by atoms with Crippen molar-refractivity contribution in [2.45, 2.75) is 13.0 Å². The minimum absolute atomic E-state index is 0. The Hall–Kier alpha value is -0.540. The lowest BCUT2D eigenvalue weighted by molar-refractivity contribution is 0.654. The highest BCUT2D eigenvalue weighted by Crippen LogP contribution is 2.05. The van der Waals surface area contributed by atoms with Crippen LogP contribution in [0.2, 0.25) is 0 Å². The monoisotopic (exact) mass is 161 g/mol. The first kappa shape index (κ1) is 9.46. The normalized spacial score (nSPS) is 12.3. The van der Waals surface area contributed by atoms with E-state index in [9.17, 15) is 0 Å². The second-order valence-electron chi connectivity index (χ2n) is 2.17. The molecule has 0 aliphatic carbocycles. The molecule has 4 heteroatoms. The Kier molecular flexibility index (Phi) is 3.39. The highest BCUT2D eigenvalue weighted by atomic mass is 35.5. The maximum Gasteiger partial charge on any atom is 0.0545 e. The molecule has 1 rings (SSSR count). The molecule has 58 valence electrons. The first-order valence-corrected chi connectivity index (χ1v) is 2.95. The third kappa shape index (κ3) is 1.72. The van der Waals surface area contributed by atoms with Crippen molar-refractivity contribution >= 4 is 12.4 Å². The minimum Gasteiger partial charge on any atom is -0.323 e. The molecule has 0 spiro atoms. The second-order valence-corrected chi connectivity index (χ2v) is 2.17. The van der Waals surface area contributed by atoms with Gasteiger partial charge in [0.15, 0.2) is 0 Å². The van der Waals surface area contributed by atoms with Gasteiger partial charge in [-0.05, 0) is 13.0 Å². The van der Waals surface area contributed by atoms with Crippen molar-refractivity contribution in [1.82, 2.24) is 9.78 Å². The molecule has 10 heavy (non-hydrogen) atoms. The number of halogens is 1. The summed E-state index contributed by atoms with van der Waals surface area (Å²) in [6.45, 7) is 1.94. The Morgan fingerprint density at radius 2 is 2.30 bits per heavy atom. The van der Waals surface area contributed by atoms with Crippen LogP contribution >= 0.6 is 12.4 Å². The lowest BCUT2D eigenvalue weighted by Gasteiger charge is -2.03. The van der Waals surface area contributed by atoms with Gasteiger partial charge in [-0.2, -0.15) is 5.10 Å². The molecule has 0 bridgehead atoms. The summed E-state index contributed by atoms with van der Waals surface area (Å²) in [6.07, 6.45) is 1.75. The fraction of sp³-hybridized carbons (Fsp3) is 0.500. The van der Waals surface area contributed by atoms with Gasteiger partial charge >= 0.3 is 0 Å². The van der Waals surface area contributed by atoms with Crippen LogP contribution in [-0.4, -0.2) is 9.78 Å². The molecular formula is C6H12ClN3. The van der Waals surface area contributed by atoms with E-state index >= 15 is 0 Å². The topological polar surface area (TPSA) is 43.8 Å². The van der Waals surface area contributed by atoms with Gasteiger partial charge in [0.1, 0.15) is 0 Å². The predicted octanol–water partition coefficient (Wildman–Crippen LogP) is 0.862. The smallest absolute Gasteiger partial charge is 0.0545 e. The van der Waals surface area contributed by atoms with E-state index in [0.717, 1.165) is 5.69 Å². The molecule has 3 nitrogen and oxygen atoms in total. The number of aromatic nitrogens is 2. The van der Waals surface area contributed by atoms with E-state index in [1.165, 1.54) is 0 Å². The van der Waals surface area contributed by atoms with Crippen LogP contribution in [0.15, 0.2) is 12.3 Å². The van der Waals surface area contributed by atoms with E-state index in [-0.39, 0.29) is 18.4 Å². The average Bonchev–Trinajstić information content (AvgIpc) is 2.13. The minimum atomic E-state index is 0. The Morgan fingerprint density at radius 1 is 1.70 bits per heavy atom. The summed E-state index contributed by atoms with van der Waals surface area (Å²) in [5, 5.41) is 3.97. The maximum absolute atomic E-state index is 5.60. The van der Waals surface area contributed by atoms with Gasteiger partial charge in [0.25, 0.3) is 0 Å². The quantitative estimate of drug-likeness (QED) is 0.664. The van der Waals surface area contributed by atoms with E-state index in [0.29, 0.717) is 0 Å². The molecule has 0 fully saturated rings. The maximum atomic E-state index is 5.60. The summed E-state index contributed by atoms with van der Waals surface area (Å²) in [5.74, 6) is 0. The second kappa shape index (κ2) is 3.58. The summed E-state index contributed by atoms with van der Waals surface area (Å²) in [5.41, 5.74) is 6.66. The van der Waals surface area contributed by atoms with Gasteiger partial charge in [-0.25, -0.2) is 0 Å². The van der Waals surface area contributed by atoms with Gasteiger partial charge in [-0.3, -0.25) is 4.68 Å². The summed E-state index contributed by atoms with van der Waals surface area (Å²) >= 11 is 0. The van der Waals surface area contributed by atoms with Crippen LogP contribution in [0.5, 0.6) is 0 Å². The number of rotatable bonds is 1. The van der Waals surface area contributed by atoms with E-state index in [1.54, 1.807) is 10.9 Å². The predicted molar refractivity (Wildman–Crippen MR) is 43.1 cm³/mol. The molecule has 0 saturated carbocycles. The largest absolute Gasteiger partial charge is 0.323 e. The molecule has 0 aromatic carbocycles. The van der Waals surface area contributed by atoms with E-state index in [2.05, 4.69) is 5.10 Å². The van der Waals surface area contributed by atoms with Crippen molar-refractivity contribution in [3.05, 3.63) is 18.0 Å². The van der Waals surface area contributed by atoms with Crippen LogP contribution in [0.3, 0.4) is 0 Å². The van der Waals surface area contributed by atoms with Crippen molar-refractivity contribution in [2.24, 2.45) is 12.8 Å². The zero-order chi connectivity index (χ0) is 6.85. The lowest BCUT2D eigenvalue weighted by Crippen LogP contribution is -2.10. The zero-order valence-electron chi connectivity index (χ0n) is 6.11. The van der Waals surface area contributed by atoms with E-state index in [4.69, 9.17) is 5.73 Å². The molecule has 1 atom stereocenters. The standard InChI is InChI=1S/C6H11N3.ClH/c1-5(7)6-3-4-8-9(6)2;/h3-5H,7H2,1-2H3;1H/t5-;/m1./s1. The van der Waals surface area contributed by atoms with Gasteiger partial charge in [-0.1, -0.05) is 0 Å². The van der Waals surface area contributed by atoms with Crippen LogP contribution in [0.25, 0.3) is 0 Å². The summed E-state index contributed by atoms with van der Waals surface area (Å²) in [4.78, 5) is 0. The number of hydrogen-bond acceptors (Lipinski definition) is 2. The van der Waals surface area contributed by atoms with Crippen LogP contribution in [-0.2, 0) is 7.05 Å². The summed E-state index contributed by atoms with van der Waals surface area (Å²) < 4.78 is 1.78. The van der Waals surface area contributed by atoms with Gasteiger partial charge in [0.05, 0.1) is 5.69 Å². The fourth-order valence-electron chi connectivity index (χ4n) is 0.831. The summed E-state index contributed by atoms with van der Waals surface area (Å²) in [6, 6.07) is 2.00. The van der Waals surface area contributed by atoms with Crippen LogP contribution in [0.4, 0.5) is 0 Å². The molecule has 0 aliphatic rings. The highest BCUT2D eigenvalue weighted by molar-refractivity contribution is 5.85. The van der Waals surface area contributed by atoms with Crippen molar-refractivity contribution < 1.29 is 0 Å². The van der Waals surface area contributed by atoms with Crippen molar-refractivity contribution in [2.75, 3.05) is 0 Å². The van der Waals surface area contributed by atoms with Gasteiger partial charge in [0, 0.05) is 19.3 Å². The highest BCUT2D eigenvalue weighted by Gasteiger charge is 2.01. The van der Waals surface area contributed by atoms with Crippen LogP contribution < -0.4 is 5.73 Å². The molecule has 0 saturated heterocycles. The molecule has 1 aromatic rings. The molecule has 1 heterocycles. The Morgan fingerprint density at radius 3 is 2.50 bits per heavy atom. The molecular weight excluding hydrogens is 150 g/mol. The third-order valence-corrected chi connectivity index (χ3v) is 1.33. The number of nitrogens with zero attached hydrogens (tertiary/aromatic N) is 2. The van der Waals surface area contributed by atoms with Crippen molar-refractivity contribution in [1.29, 1.82) is 0 Å². The Labute approximate surface area is 66.6 Å². The molecule has 0 unspecified atom stereocenters.